The molecule has 1 aliphatic rings. The molecule has 0 saturated carbocycles. The maximum Gasteiger partial charge on any atom is 0.265 e. The number of rotatable bonds is 8. The van der Waals surface area contributed by atoms with Crippen molar-refractivity contribution in [1.82, 2.24) is 10.6 Å². The molecule has 1 aliphatic heterocycles. The first kappa shape index (κ1) is 21.5. The largest absolute Gasteiger partial charge is 0.382 e. The van der Waals surface area contributed by atoms with E-state index < -0.39 is 18.1 Å². The number of carbonyl (C=O) groups is 2. The van der Waals surface area contributed by atoms with Gasteiger partial charge in [0.2, 0.25) is 12.0 Å². The van der Waals surface area contributed by atoms with Crippen LogP contribution in [0.1, 0.15) is 31.4 Å². The minimum Gasteiger partial charge on any atom is -0.382 e. The standard InChI is InChI=1S/C23H26FN3O3/c1-15(2)14-25-22(28)20(11-16-7-4-3-5-8-16)26-23(29)21-13-19(27-30-21)17-9-6-10-18(24)12-17/h3-10,12,15,20-21H,11,13-14H2,1-2H3,(H,25,28)(H,26,29). The van der Waals surface area contributed by atoms with Gasteiger partial charge in [0.25, 0.3) is 5.91 Å². The van der Waals surface area contributed by atoms with Crippen molar-refractivity contribution in [3.63, 3.8) is 0 Å². The summed E-state index contributed by atoms with van der Waals surface area (Å²) >= 11 is 0. The van der Waals surface area contributed by atoms with Crippen molar-refractivity contribution >= 4 is 17.5 Å². The van der Waals surface area contributed by atoms with Gasteiger partial charge in [-0.2, -0.15) is 0 Å². The number of nitrogens with zero attached hydrogens (tertiary/aromatic N) is 1. The SMILES string of the molecule is CC(C)CNC(=O)C(Cc1ccccc1)NC(=O)C1CC(c2cccc(F)c2)=NO1. The highest BCUT2D eigenvalue weighted by atomic mass is 19.1. The van der Waals surface area contributed by atoms with Crippen LogP contribution in [0.3, 0.4) is 0 Å². The molecule has 2 N–H and O–H groups in total. The third-order valence-electron chi connectivity index (χ3n) is 4.72. The Hall–Kier alpha value is -3.22. The molecule has 30 heavy (non-hydrogen) atoms. The van der Waals surface area contributed by atoms with E-state index in [9.17, 15) is 14.0 Å². The number of halogens is 1. The first-order chi connectivity index (χ1) is 14.4. The summed E-state index contributed by atoms with van der Waals surface area (Å²) in [4.78, 5) is 30.7. The molecule has 0 aliphatic carbocycles. The number of nitrogens with one attached hydrogen (secondary N) is 2. The van der Waals surface area contributed by atoms with Crippen molar-refractivity contribution < 1.29 is 18.8 Å². The van der Waals surface area contributed by atoms with Crippen LogP contribution in [0.2, 0.25) is 0 Å². The Balaban J connectivity index is 1.64. The minimum absolute atomic E-state index is 0.209. The van der Waals surface area contributed by atoms with Crippen LogP contribution >= 0.6 is 0 Å². The molecular weight excluding hydrogens is 385 g/mol. The number of hydrogen-bond acceptors (Lipinski definition) is 4. The lowest BCUT2D eigenvalue weighted by molar-refractivity contribution is -0.135. The topological polar surface area (TPSA) is 79.8 Å². The average Bonchev–Trinajstić information content (AvgIpc) is 3.23. The predicted octanol–water partition coefficient (Wildman–Crippen LogP) is 2.82. The Morgan fingerprint density at radius 1 is 1.17 bits per heavy atom. The van der Waals surface area contributed by atoms with E-state index in [-0.39, 0.29) is 18.1 Å². The van der Waals surface area contributed by atoms with Crippen LogP contribution in [0.25, 0.3) is 0 Å². The van der Waals surface area contributed by atoms with Crippen LogP contribution in [0.5, 0.6) is 0 Å². The van der Waals surface area contributed by atoms with Crippen LogP contribution in [0.4, 0.5) is 4.39 Å². The van der Waals surface area contributed by atoms with Gasteiger partial charge < -0.3 is 15.5 Å². The fourth-order valence-corrected chi connectivity index (χ4v) is 3.11. The Morgan fingerprint density at radius 3 is 2.63 bits per heavy atom. The predicted molar refractivity (Wildman–Crippen MR) is 112 cm³/mol. The second-order valence-corrected chi connectivity index (χ2v) is 7.74. The zero-order chi connectivity index (χ0) is 21.5. The molecule has 2 aromatic carbocycles. The van der Waals surface area contributed by atoms with Crippen molar-refractivity contribution in [2.24, 2.45) is 11.1 Å². The quantitative estimate of drug-likeness (QED) is 0.701. The van der Waals surface area contributed by atoms with Crippen LogP contribution in [0.15, 0.2) is 59.8 Å². The summed E-state index contributed by atoms with van der Waals surface area (Å²) in [6, 6.07) is 14.7. The van der Waals surface area contributed by atoms with Crippen LogP contribution in [0, 0.1) is 11.7 Å². The van der Waals surface area contributed by atoms with Gasteiger partial charge in [-0.15, -0.1) is 0 Å². The maximum atomic E-state index is 13.5. The summed E-state index contributed by atoms with van der Waals surface area (Å²) in [5.74, 6) is -0.758. The minimum atomic E-state index is -0.862. The van der Waals surface area contributed by atoms with Crippen molar-refractivity contribution in [2.45, 2.75) is 38.8 Å². The van der Waals surface area contributed by atoms with E-state index in [1.807, 2.05) is 44.2 Å². The molecule has 0 fully saturated rings. The van der Waals surface area contributed by atoms with Gasteiger partial charge in [-0.05, 0) is 23.6 Å². The Morgan fingerprint density at radius 2 is 1.93 bits per heavy atom. The number of amides is 2. The molecule has 2 unspecified atom stereocenters. The van der Waals surface area contributed by atoms with E-state index in [0.29, 0.717) is 30.2 Å². The molecule has 2 atom stereocenters. The Bertz CT molecular complexity index is 915. The summed E-state index contributed by atoms with van der Waals surface area (Å²) < 4.78 is 13.5. The monoisotopic (exact) mass is 411 g/mol. The summed E-state index contributed by atoms with van der Waals surface area (Å²) in [7, 11) is 0. The molecule has 0 saturated heterocycles. The molecule has 7 heteroatoms. The van der Waals surface area contributed by atoms with Crippen molar-refractivity contribution in [3.05, 3.63) is 71.5 Å². The van der Waals surface area contributed by atoms with Crippen molar-refractivity contribution in [3.8, 4) is 0 Å². The summed E-state index contributed by atoms with van der Waals surface area (Å²) in [6.45, 7) is 4.53. The Labute approximate surface area is 175 Å². The molecule has 2 aromatic rings. The van der Waals surface area contributed by atoms with E-state index in [0.717, 1.165) is 5.56 Å². The number of hydrogen-bond donors (Lipinski definition) is 2. The summed E-state index contributed by atoms with van der Waals surface area (Å²) in [6.07, 6.45) is -0.290. The van der Waals surface area contributed by atoms with Gasteiger partial charge >= 0.3 is 0 Å². The maximum absolute atomic E-state index is 13.5. The van der Waals surface area contributed by atoms with Crippen LogP contribution < -0.4 is 10.6 Å². The molecule has 0 spiro atoms. The van der Waals surface area contributed by atoms with Gasteiger partial charge in [-0.1, -0.05) is 61.5 Å². The summed E-state index contributed by atoms with van der Waals surface area (Å²) in [5.41, 5.74) is 2.01. The Kier molecular flexibility index (Phi) is 7.17. The molecular formula is C23H26FN3O3. The molecule has 0 aromatic heterocycles. The highest BCUT2D eigenvalue weighted by Gasteiger charge is 2.32. The highest BCUT2D eigenvalue weighted by molar-refractivity contribution is 6.04. The van der Waals surface area contributed by atoms with Crippen LogP contribution in [-0.2, 0) is 20.8 Å². The third kappa shape index (κ3) is 5.89. The number of oxime groups is 1. The molecule has 1 heterocycles. The van der Waals surface area contributed by atoms with Crippen LogP contribution in [-0.4, -0.2) is 36.2 Å². The second kappa shape index (κ2) is 10.0. The lowest BCUT2D eigenvalue weighted by Gasteiger charge is -2.20. The van der Waals surface area contributed by atoms with E-state index in [2.05, 4.69) is 15.8 Å². The molecule has 0 radical (unpaired) electrons. The van der Waals surface area contributed by atoms with Gasteiger partial charge in [-0.25, -0.2) is 4.39 Å². The number of carbonyl (C=O) groups excluding carboxylic acids is 2. The van der Waals surface area contributed by atoms with Gasteiger partial charge in [-0.3, -0.25) is 9.59 Å². The zero-order valence-electron chi connectivity index (χ0n) is 17.1. The fraction of sp³-hybridized carbons (Fsp3) is 0.348. The van der Waals surface area contributed by atoms with E-state index >= 15 is 0 Å². The van der Waals surface area contributed by atoms with Gasteiger partial charge in [0.1, 0.15) is 11.9 Å². The van der Waals surface area contributed by atoms with Crippen molar-refractivity contribution in [2.75, 3.05) is 6.54 Å². The molecule has 0 bridgehead atoms. The number of benzene rings is 2. The van der Waals surface area contributed by atoms with E-state index in [4.69, 9.17) is 4.84 Å². The first-order valence-corrected chi connectivity index (χ1v) is 10.0. The normalized spacial score (nSPS) is 16.5. The van der Waals surface area contributed by atoms with E-state index in [1.54, 1.807) is 12.1 Å². The summed E-state index contributed by atoms with van der Waals surface area (Å²) in [5, 5.41) is 9.60. The van der Waals surface area contributed by atoms with E-state index in [1.165, 1.54) is 12.1 Å². The molecule has 3 rings (SSSR count). The highest BCUT2D eigenvalue weighted by Crippen LogP contribution is 2.18. The molecule has 2 amide bonds. The zero-order valence-corrected chi connectivity index (χ0v) is 17.1. The van der Waals surface area contributed by atoms with Gasteiger partial charge in [0.15, 0.2) is 0 Å². The second-order valence-electron chi connectivity index (χ2n) is 7.74. The molecule has 158 valence electrons. The molecule has 6 nitrogen and oxygen atoms in total. The third-order valence-corrected chi connectivity index (χ3v) is 4.72. The van der Waals surface area contributed by atoms with Gasteiger partial charge in [0.05, 0.1) is 5.71 Å². The fourth-order valence-electron chi connectivity index (χ4n) is 3.11. The average molecular weight is 411 g/mol. The van der Waals surface area contributed by atoms with Crippen molar-refractivity contribution in [1.29, 1.82) is 0 Å². The smallest absolute Gasteiger partial charge is 0.265 e. The lowest BCUT2D eigenvalue weighted by Crippen LogP contribution is -2.51. The van der Waals surface area contributed by atoms with Gasteiger partial charge in [0, 0.05) is 24.9 Å². The lowest BCUT2D eigenvalue weighted by atomic mass is 10.0. The first-order valence-electron chi connectivity index (χ1n) is 10.0.